The number of fused-ring (bicyclic) bond motifs is 1. The molecule has 1 saturated heterocycles. The summed E-state index contributed by atoms with van der Waals surface area (Å²) in [5.41, 5.74) is 3.67. The molecule has 2 aromatic carbocycles. The van der Waals surface area contributed by atoms with Crippen molar-refractivity contribution in [2.45, 2.75) is 19.3 Å². The smallest absolute Gasteiger partial charge is 0.229 e. The Morgan fingerprint density at radius 3 is 2.57 bits per heavy atom. The van der Waals surface area contributed by atoms with E-state index in [1.165, 1.54) is 17.3 Å². The second kappa shape index (κ2) is 8.33. The molecule has 1 atom stereocenters. The Morgan fingerprint density at radius 2 is 1.90 bits per heavy atom. The van der Waals surface area contributed by atoms with E-state index in [2.05, 4.69) is 42.2 Å². The number of rotatable bonds is 4. The highest BCUT2D eigenvalue weighted by atomic mass is 32.2. The van der Waals surface area contributed by atoms with Gasteiger partial charge in [0.25, 0.3) is 0 Å². The molecule has 2 aromatic rings. The van der Waals surface area contributed by atoms with Gasteiger partial charge in [-0.3, -0.25) is 9.69 Å². The molecule has 1 amide bonds. The Hall–Kier alpha value is -3.11. The lowest BCUT2D eigenvalue weighted by molar-refractivity contribution is -0.129. The first-order chi connectivity index (χ1) is 14.6. The lowest BCUT2D eigenvalue weighted by Crippen LogP contribution is -2.47. The zero-order valence-corrected chi connectivity index (χ0v) is 18.0. The molecular weight excluding hydrogens is 398 g/mol. The topological polar surface area (TPSA) is 65.8 Å². The molecule has 4 rings (SSSR count). The number of nitrogens with zero attached hydrogens (tertiary/aromatic N) is 3. The minimum Gasteiger partial charge on any atom is -0.493 e. The van der Waals surface area contributed by atoms with Crippen molar-refractivity contribution < 1.29 is 14.3 Å². The van der Waals surface area contributed by atoms with Crippen molar-refractivity contribution >= 4 is 23.4 Å². The maximum absolute atomic E-state index is 13.1. The highest BCUT2D eigenvalue weighted by Crippen LogP contribution is 2.47. The molecule has 0 N–H and O–H groups in total. The lowest BCUT2D eigenvalue weighted by Gasteiger charge is -2.42. The number of carbonyl (C=O) groups is 1. The first kappa shape index (κ1) is 20.2. The number of benzene rings is 2. The van der Waals surface area contributed by atoms with Gasteiger partial charge in [-0.2, -0.15) is 5.26 Å². The van der Waals surface area contributed by atoms with Crippen molar-refractivity contribution in [2.75, 3.05) is 31.7 Å². The van der Waals surface area contributed by atoms with Gasteiger partial charge in [-0.15, -0.1) is 0 Å². The predicted octanol–water partition coefficient (Wildman–Crippen LogP) is 4.23. The molecule has 30 heavy (non-hydrogen) atoms. The van der Waals surface area contributed by atoms with Crippen LogP contribution in [0.15, 0.2) is 53.1 Å². The number of hydrogen-bond acceptors (Lipinski definition) is 6. The summed E-state index contributed by atoms with van der Waals surface area (Å²) in [4.78, 5) is 17.0. The van der Waals surface area contributed by atoms with E-state index in [1.54, 1.807) is 19.1 Å². The van der Waals surface area contributed by atoms with Crippen LogP contribution in [0.1, 0.15) is 23.5 Å². The summed E-state index contributed by atoms with van der Waals surface area (Å²) >= 11 is 1.53. The fourth-order valence-corrected chi connectivity index (χ4v) is 5.10. The molecule has 6 nitrogen and oxygen atoms in total. The van der Waals surface area contributed by atoms with Crippen molar-refractivity contribution in [3.05, 3.63) is 64.2 Å². The molecule has 0 aromatic heterocycles. The number of nitriles is 1. The molecule has 0 radical (unpaired) electrons. The Labute approximate surface area is 180 Å². The average Bonchev–Trinajstić information content (AvgIpc) is 2.78. The van der Waals surface area contributed by atoms with Gasteiger partial charge in [0.1, 0.15) is 0 Å². The number of thioether (sulfide) groups is 1. The number of ether oxygens (including phenoxy) is 2. The third-order valence-electron chi connectivity index (χ3n) is 5.50. The summed E-state index contributed by atoms with van der Waals surface area (Å²) in [6.45, 7) is 2.49. The maximum atomic E-state index is 13.1. The van der Waals surface area contributed by atoms with Crippen LogP contribution in [0.4, 0.5) is 5.69 Å². The van der Waals surface area contributed by atoms with Gasteiger partial charge < -0.3 is 14.4 Å². The average molecular weight is 422 g/mol. The van der Waals surface area contributed by atoms with Gasteiger partial charge in [0.05, 0.1) is 43.4 Å². The number of hydrogen-bond donors (Lipinski definition) is 0. The predicted molar refractivity (Wildman–Crippen MR) is 117 cm³/mol. The van der Waals surface area contributed by atoms with Gasteiger partial charge in [0, 0.05) is 23.6 Å². The van der Waals surface area contributed by atoms with E-state index in [4.69, 9.17) is 9.47 Å². The number of amides is 1. The van der Waals surface area contributed by atoms with Crippen LogP contribution in [-0.4, -0.2) is 37.6 Å². The molecule has 0 bridgehead atoms. The van der Waals surface area contributed by atoms with E-state index >= 15 is 0 Å². The first-order valence-corrected chi connectivity index (χ1v) is 10.7. The SMILES string of the molecule is COc1cccc([C@@H]2CC(=O)N3CN(c4ccc(C)cc4)CSC3=C2C#N)c1OC. The van der Waals surface area contributed by atoms with Crippen LogP contribution in [-0.2, 0) is 4.79 Å². The molecule has 2 aliphatic heterocycles. The van der Waals surface area contributed by atoms with Crippen LogP contribution in [0.25, 0.3) is 0 Å². The third kappa shape index (κ3) is 3.48. The zero-order valence-electron chi connectivity index (χ0n) is 17.2. The minimum absolute atomic E-state index is 0.00295. The highest BCUT2D eigenvalue weighted by Gasteiger charge is 2.39. The molecule has 0 saturated carbocycles. The minimum atomic E-state index is -0.350. The van der Waals surface area contributed by atoms with Crippen molar-refractivity contribution in [3.8, 4) is 17.6 Å². The molecule has 0 spiro atoms. The Bertz CT molecular complexity index is 1040. The quantitative estimate of drug-likeness (QED) is 0.736. The lowest BCUT2D eigenvalue weighted by atomic mass is 9.85. The van der Waals surface area contributed by atoms with E-state index < -0.39 is 0 Å². The largest absolute Gasteiger partial charge is 0.493 e. The number of allylic oxidation sites excluding steroid dienone is 1. The summed E-state index contributed by atoms with van der Waals surface area (Å²) in [7, 11) is 3.15. The second-order valence-corrected chi connectivity index (χ2v) is 8.22. The third-order valence-corrected chi connectivity index (χ3v) is 6.66. The summed E-state index contributed by atoms with van der Waals surface area (Å²) in [5.74, 6) is 1.49. The summed E-state index contributed by atoms with van der Waals surface area (Å²) < 4.78 is 11.0. The molecule has 0 aliphatic carbocycles. The molecule has 2 heterocycles. The Balaban J connectivity index is 1.70. The number of methoxy groups -OCH3 is 2. The van der Waals surface area contributed by atoms with E-state index in [0.717, 1.165) is 16.3 Å². The van der Waals surface area contributed by atoms with Gasteiger partial charge in [0.2, 0.25) is 5.91 Å². The normalized spacial score (nSPS) is 18.7. The van der Waals surface area contributed by atoms with Crippen LogP contribution in [0, 0.1) is 18.3 Å². The Kier molecular flexibility index (Phi) is 5.60. The monoisotopic (exact) mass is 421 g/mol. The number of anilines is 1. The number of para-hydroxylation sites is 1. The maximum Gasteiger partial charge on any atom is 0.229 e. The molecule has 1 fully saturated rings. The molecule has 154 valence electrons. The fourth-order valence-electron chi connectivity index (χ4n) is 3.93. The van der Waals surface area contributed by atoms with Crippen LogP contribution in [0.3, 0.4) is 0 Å². The van der Waals surface area contributed by atoms with Crippen LogP contribution in [0.5, 0.6) is 11.5 Å². The number of carbonyl (C=O) groups excluding carboxylic acids is 1. The summed E-state index contributed by atoms with van der Waals surface area (Å²) in [6, 6.07) is 16.2. The van der Waals surface area contributed by atoms with Gasteiger partial charge >= 0.3 is 0 Å². The van der Waals surface area contributed by atoms with Crippen molar-refractivity contribution in [2.24, 2.45) is 0 Å². The molecule has 7 heteroatoms. The van der Waals surface area contributed by atoms with Crippen LogP contribution < -0.4 is 14.4 Å². The summed E-state index contributed by atoms with van der Waals surface area (Å²) in [5, 5.41) is 10.7. The van der Waals surface area contributed by atoms with E-state index in [0.29, 0.717) is 29.6 Å². The van der Waals surface area contributed by atoms with Crippen LogP contribution >= 0.6 is 11.8 Å². The van der Waals surface area contributed by atoms with Gasteiger partial charge in [-0.05, 0) is 25.1 Å². The standard InChI is InChI=1S/C23H23N3O3S/c1-15-7-9-16(10-8-15)25-13-26-21(27)11-18(19(12-24)23(26)30-14-25)17-5-4-6-20(28-2)22(17)29-3/h4-10,18H,11,13-14H2,1-3H3/t18-/m0/s1. The second-order valence-electron chi connectivity index (χ2n) is 7.28. The van der Waals surface area contributed by atoms with Gasteiger partial charge in [-0.1, -0.05) is 41.6 Å². The molecule has 0 unspecified atom stereocenters. The van der Waals surface area contributed by atoms with Gasteiger partial charge in [0.15, 0.2) is 11.5 Å². The zero-order chi connectivity index (χ0) is 21.3. The first-order valence-electron chi connectivity index (χ1n) is 9.67. The van der Waals surface area contributed by atoms with Crippen molar-refractivity contribution in [3.63, 3.8) is 0 Å². The van der Waals surface area contributed by atoms with Crippen molar-refractivity contribution in [1.29, 1.82) is 5.26 Å². The Morgan fingerprint density at radius 1 is 1.13 bits per heavy atom. The number of aryl methyl sites for hydroxylation is 1. The van der Waals surface area contributed by atoms with E-state index in [-0.39, 0.29) is 18.2 Å². The van der Waals surface area contributed by atoms with Crippen LogP contribution in [0.2, 0.25) is 0 Å². The van der Waals surface area contributed by atoms with E-state index in [9.17, 15) is 10.1 Å². The fraction of sp³-hybridized carbons (Fsp3) is 0.304. The molecular formula is C23H23N3O3S. The molecule has 2 aliphatic rings. The highest BCUT2D eigenvalue weighted by molar-refractivity contribution is 8.03. The van der Waals surface area contributed by atoms with E-state index in [1.807, 2.05) is 18.2 Å². The summed E-state index contributed by atoms with van der Waals surface area (Å²) in [6.07, 6.45) is 0.220. The van der Waals surface area contributed by atoms with Gasteiger partial charge in [-0.25, -0.2) is 0 Å². The van der Waals surface area contributed by atoms with Crippen molar-refractivity contribution in [1.82, 2.24) is 4.90 Å².